The van der Waals surface area contributed by atoms with E-state index in [0.29, 0.717) is 11.1 Å². The van der Waals surface area contributed by atoms with Gasteiger partial charge < -0.3 is 0 Å². The Morgan fingerprint density at radius 1 is 0.321 bits per heavy atom. The zero-order chi connectivity index (χ0) is 37.6. The van der Waals surface area contributed by atoms with Crippen molar-refractivity contribution in [3.8, 4) is 68.3 Å². The summed E-state index contributed by atoms with van der Waals surface area (Å²) in [7, 11) is 0. The summed E-state index contributed by atoms with van der Waals surface area (Å²) in [6, 6.07) is 54.6. The maximum absolute atomic E-state index is 9.55. The number of hydrogen-bond donors (Lipinski definition) is 0. The lowest BCUT2D eigenvalue weighted by atomic mass is 9.82. The molecule has 0 radical (unpaired) electrons. The molecule has 0 N–H and O–H groups in total. The van der Waals surface area contributed by atoms with Gasteiger partial charge in [0.15, 0.2) is 0 Å². The number of fused-ring (bicyclic) bond motifs is 4. The van der Waals surface area contributed by atoms with Crippen LogP contribution in [0.3, 0.4) is 0 Å². The lowest BCUT2D eigenvalue weighted by molar-refractivity contribution is 1.27. The molecule has 4 aromatic heterocycles. The van der Waals surface area contributed by atoms with Crippen molar-refractivity contribution in [2.75, 3.05) is 0 Å². The van der Waals surface area contributed by atoms with Gasteiger partial charge in [0.25, 0.3) is 0 Å². The zero-order valence-corrected chi connectivity index (χ0v) is 29.8. The molecule has 0 fully saturated rings. The summed E-state index contributed by atoms with van der Waals surface area (Å²) >= 11 is 0. The van der Waals surface area contributed by atoms with Crippen molar-refractivity contribution in [2.45, 2.75) is 0 Å². The summed E-state index contributed by atoms with van der Waals surface area (Å²) in [5.41, 5.74) is 10.2. The van der Waals surface area contributed by atoms with Gasteiger partial charge in [0.1, 0.15) is 12.1 Å². The van der Waals surface area contributed by atoms with Crippen molar-refractivity contribution in [2.24, 2.45) is 0 Å². The van der Waals surface area contributed by atoms with Gasteiger partial charge in [-0.2, -0.15) is 10.5 Å². The predicted octanol–water partition coefficient (Wildman–Crippen LogP) is 12.0. The molecule has 10 aromatic rings. The van der Waals surface area contributed by atoms with Crippen LogP contribution in [0.4, 0.5) is 0 Å². The summed E-state index contributed by atoms with van der Waals surface area (Å²) in [5, 5.41) is 27.9. The Labute approximate surface area is 322 Å². The molecule has 0 amide bonds. The first kappa shape index (κ1) is 32.6. The normalized spacial score (nSPS) is 11.2. The van der Waals surface area contributed by atoms with Crippen LogP contribution in [0.5, 0.6) is 0 Å². The van der Waals surface area contributed by atoms with Gasteiger partial charge in [-0.3, -0.25) is 9.97 Å². The topological polar surface area (TPSA) is 99.1 Å². The third-order valence-electron chi connectivity index (χ3n) is 10.4. The van der Waals surface area contributed by atoms with Crippen molar-refractivity contribution < 1.29 is 0 Å². The van der Waals surface area contributed by atoms with Gasteiger partial charge in [-0.1, -0.05) is 109 Å². The van der Waals surface area contributed by atoms with Gasteiger partial charge in [-0.25, -0.2) is 9.97 Å². The second-order valence-electron chi connectivity index (χ2n) is 13.6. The van der Waals surface area contributed by atoms with E-state index in [2.05, 4.69) is 131 Å². The first-order valence-electron chi connectivity index (χ1n) is 18.2. The van der Waals surface area contributed by atoms with Crippen LogP contribution in [0.1, 0.15) is 11.1 Å². The van der Waals surface area contributed by atoms with E-state index < -0.39 is 0 Å². The lowest BCUT2D eigenvalue weighted by Crippen LogP contribution is -1.96. The van der Waals surface area contributed by atoms with Crippen molar-refractivity contribution >= 4 is 43.1 Å². The number of rotatable bonds is 5. The fourth-order valence-electron chi connectivity index (χ4n) is 8.10. The van der Waals surface area contributed by atoms with E-state index >= 15 is 0 Å². The average molecular weight is 713 g/mol. The first-order valence-corrected chi connectivity index (χ1v) is 18.2. The van der Waals surface area contributed by atoms with Gasteiger partial charge in [-0.15, -0.1) is 0 Å². The minimum Gasteiger partial charge on any atom is -0.263 e. The van der Waals surface area contributed by atoms with E-state index in [9.17, 15) is 10.5 Å². The number of aromatic nitrogens is 4. The molecule has 0 atom stereocenters. The molecule has 6 aromatic carbocycles. The molecule has 0 saturated heterocycles. The van der Waals surface area contributed by atoms with Crippen LogP contribution in [-0.4, -0.2) is 19.9 Å². The molecule has 0 aliphatic rings. The maximum atomic E-state index is 9.55. The number of nitriles is 2. The van der Waals surface area contributed by atoms with E-state index in [0.717, 1.165) is 99.2 Å². The Hall–Kier alpha value is -8.06. The quantitative estimate of drug-likeness (QED) is 0.165. The number of pyridine rings is 4. The monoisotopic (exact) mass is 712 g/mol. The van der Waals surface area contributed by atoms with E-state index in [1.54, 1.807) is 24.8 Å². The van der Waals surface area contributed by atoms with E-state index in [1.165, 1.54) is 0 Å². The minimum atomic E-state index is 0.492. The SMILES string of the molecule is N#Cc1cncc(-c2cccc(-c3c4ccccc4c(-c4c5ccccc5c(-c5cccc(-c6cncc(C#N)c6)n5)c5ccccc45)c4ccccc34)n2)c1. The van der Waals surface area contributed by atoms with Gasteiger partial charge in [0.05, 0.1) is 33.9 Å². The smallest absolute Gasteiger partial charge is 0.101 e. The van der Waals surface area contributed by atoms with Gasteiger partial charge in [-0.05, 0) is 90.6 Å². The number of nitrogens with zero attached hydrogens (tertiary/aromatic N) is 6. The van der Waals surface area contributed by atoms with E-state index in [-0.39, 0.29) is 0 Å². The van der Waals surface area contributed by atoms with Crippen LogP contribution in [0, 0.1) is 22.7 Å². The Balaban J connectivity index is 1.26. The third kappa shape index (κ3) is 5.33. The molecular formula is C50H28N6. The second kappa shape index (κ2) is 13.4. The molecule has 0 spiro atoms. The molecule has 4 heterocycles. The molecule has 10 rings (SSSR count). The average Bonchev–Trinajstić information content (AvgIpc) is 3.27. The third-order valence-corrected chi connectivity index (χ3v) is 10.4. The van der Waals surface area contributed by atoms with Crippen molar-refractivity contribution in [3.05, 3.63) is 182 Å². The molecule has 6 nitrogen and oxygen atoms in total. The predicted molar refractivity (Wildman–Crippen MR) is 224 cm³/mol. The second-order valence-corrected chi connectivity index (χ2v) is 13.6. The van der Waals surface area contributed by atoms with Gasteiger partial charge >= 0.3 is 0 Å². The Bertz CT molecular complexity index is 2960. The molecule has 56 heavy (non-hydrogen) atoms. The molecule has 0 unspecified atom stereocenters. The summed E-state index contributed by atoms with van der Waals surface area (Å²) in [4.78, 5) is 19.0. The summed E-state index contributed by atoms with van der Waals surface area (Å²) in [6.45, 7) is 0. The van der Waals surface area contributed by atoms with Crippen molar-refractivity contribution in [1.82, 2.24) is 19.9 Å². The fourth-order valence-corrected chi connectivity index (χ4v) is 8.10. The number of hydrogen-bond acceptors (Lipinski definition) is 6. The number of benzene rings is 6. The van der Waals surface area contributed by atoms with Crippen LogP contribution < -0.4 is 0 Å². The highest BCUT2D eigenvalue weighted by atomic mass is 14.7. The maximum Gasteiger partial charge on any atom is 0.101 e. The Morgan fingerprint density at radius 3 is 0.946 bits per heavy atom. The standard InChI is InChI=1S/C50H28N6/c51-25-31-23-33(29-53-27-31)43-19-9-21-45(55-43)47-35-11-1-5-15-39(35)49(40-16-6-2-12-36(40)47)50-41-17-7-3-13-37(41)48(38-14-4-8-18-42(38)50)46-22-10-20-44(56-46)34-24-32(26-52)28-54-30-34/h1-24,27-30H. The first-order chi connectivity index (χ1) is 27.7. The lowest BCUT2D eigenvalue weighted by Gasteiger charge is -2.22. The van der Waals surface area contributed by atoms with E-state index in [4.69, 9.17) is 9.97 Å². The van der Waals surface area contributed by atoms with Gasteiger partial charge in [0, 0.05) is 47.0 Å². The van der Waals surface area contributed by atoms with Crippen LogP contribution in [-0.2, 0) is 0 Å². The highest BCUT2D eigenvalue weighted by Crippen LogP contribution is 2.49. The molecule has 258 valence electrons. The largest absolute Gasteiger partial charge is 0.263 e. The molecule has 0 saturated carbocycles. The molecular weight excluding hydrogens is 685 g/mol. The molecule has 0 aliphatic carbocycles. The minimum absolute atomic E-state index is 0.492. The van der Waals surface area contributed by atoms with E-state index in [1.807, 2.05) is 36.4 Å². The zero-order valence-electron chi connectivity index (χ0n) is 29.8. The summed E-state index contributed by atoms with van der Waals surface area (Å²) in [5.74, 6) is 0. The summed E-state index contributed by atoms with van der Waals surface area (Å²) in [6.07, 6.45) is 6.63. The van der Waals surface area contributed by atoms with Gasteiger partial charge in [0.2, 0.25) is 0 Å². The highest BCUT2D eigenvalue weighted by Gasteiger charge is 2.23. The molecule has 6 heteroatoms. The van der Waals surface area contributed by atoms with Crippen LogP contribution in [0.2, 0.25) is 0 Å². The molecule has 0 bridgehead atoms. The summed E-state index contributed by atoms with van der Waals surface area (Å²) < 4.78 is 0. The van der Waals surface area contributed by atoms with Crippen molar-refractivity contribution in [3.63, 3.8) is 0 Å². The van der Waals surface area contributed by atoms with Crippen LogP contribution in [0.25, 0.3) is 99.2 Å². The fraction of sp³-hybridized carbons (Fsp3) is 0. The Kier molecular flexibility index (Phi) is 7.80. The van der Waals surface area contributed by atoms with Crippen molar-refractivity contribution in [1.29, 1.82) is 10.5 Å². The van der Waals surface area contributed by atoms with Crippen LogP contribution in [0.15, 0.2) is 170 Å². The highest BCUT2D eigenvalue weighted by molar-refractivity contribution is 6.29. The Morgan fingerprint density at radius 2 is 0.625 bits per heavy atom. The van der Waals surface area contributed by atoms with Crippen LogP contribution >= 0.6 is 0 Å². The molecule has 0 aliphatic heterocycles.